The molecule has 1 amide bonds. The molecule has 0 aliphatic carbocycles. The van der Waals surface area contributed by atoms with Crippen molar-refractivity contribution in [2.45, 2.75) is 25.9 Å². The summed E-state index contributed by atoms with van der Waals surface area (Å²) in [6.45, 7) is 2.01. The summed E-state index contributed by atoms with van der Waals surface area (Å²) in [5.41, 5.74) is 3.39. The summed E-state index contributed by atoms with van der Waals surface area (Å²) >= 11 is 0. The molecule has 7 heteroatoms. The summed E-state index contributed by atoms with van der Waals surface area (Å²) in [4.78, 5) is 18.2. The molecule has 0 saturated heterocycles. The highest BCUT2D eigenvalue weighted by atomic mass is 19.1. The van der Waals surface area contributed by atoms with E-state index in [0.717, 1.165) is 16.8 Å². The van der Waals surface area contributed by atoms with Gasteiger partial charge >= 0.3 is 0 Å². The number of halogens is 1. The topological polar surface area (TPSA) is 76.7 Å². The lowest BCUT2D eigenvalue weighted by Gasteiger charge is -2.10. The van der Waals surface area contributed by atoms with Crippen molar-refractivity contribution in [1.29, 1.82) is 0 Å². The minimum atomic E-state index is -0.274. The van der Waals surface area contributed by atoms with Gasteiger partial charge in [-0.2, -0.15) is 0 Å². The largest absolute Gasteiger partial charge is 0.390 e. The first-order valence-corrected chi connectivity index (χ1v) is 9.36. The number of nitrogens with zero attached hydrogens (tertiary/aromatic N) is 2. The molecule has 2 heterocycles. The van der Waals surface area contributed by atoms with E-state index in [2.05, 4.69) is 15.6 Å². The van der Waals surface area contributed by atoms with Crippen LogP contribution in [0, 0.1) is 12.7 Å². The number of aryl methyl sites for hydroxylation is 1. The predicted octanol–water partition coefficient (Wildman–Crippen LogP) is 3.91. The van der Waals surface area contributed by atoms with Gasteiger partial charge in [-0.1, -0.05) is 52.8 Å². The number of benzene rings is 2. The first-order valence-electron chi connectivity index (χ1n) is 9.36. The van der Waals surface area contributed by atoms with E-state index in [1.54, 1.807) is 13.0 Å². The average molecular weight is 393 g/mol. The highest BCUT2D eigenvalue weighted by Crippen LogP contribution is 2.25. The number of oxime groups is 1. The Bertz CT molecular complexity index is 1050. The first-order chi connectivity index (χ1) is 14.1. The molecule has 4 rings (SSSR count). The summed E-state index contributed by atoms with van der Waals surface area (Å²) in [7, 11) is 0. The van der Waals surface area contributed by atoms with Gasteiger partial charge in [0, 0.05) is 18.4 Å². The average Bonchev–Trinajstić information content (AvgIpc) is 3.33. The fourth-order valence-electron chi connectivity index (χ4n) is 3.31. The Hall–Kier alpha value is -3.48. The second kappa shape index (κ2) is 8.26. The number of carbonyl (C=O) groups is 1. The minimum absolute atomic E-state index is 0.261. The molecule has 0 fully saturated rings. The number of amides is 1. The van der Waals surface area contributed by atoms with Gasteiger partial charge in [0.2, 0.25) is 0 Å². The zero-order valence-corrected chi connectivity index (χ0v) is 15.9. The second-order valence-corrected chi connectivity index (χ2v) is 6.93. The molecule has 1 unspecified atom stereocenters. The highest BCUT2D eigenvalue weighted by molar-refractivity contribution is 6.00. The van der Waals surface area contributed by atoms with Crippen LogP contribution in [0.25, 0.3) is 11.3 Å². The van der Waals surface area contributed by atoms with Crippen LogP contribution in [0.3, 0.4) is 0 Å². The molecule has 1 aromatic heterocycles. The van der Waals surface area contributed by atoms with E-state index in [9.17, 15) is 9.18 Å². The Balaban J connectivity index is 1.35. The Morgan fingerprint density at radius 1 is 1.21 bits per heavy atom. The Labute approximate surface area is 167 Å². The molecular weight excluding hydrogens is 373 g/mol. The van der Waals surface area contributed by atoms with E-state index in [-0.39, 0.29) is 17.8 Å². The third-order valence-electron chi connectivity index (χ3n) is 4.72. The van der Waals surface area contributed by atoms with Gasteiger partial charge in [0.05, 0.1) is 12.3 Å². The van der Waals surface area contributed by atoms with Crippen molar-refractivity contribution in [3.8, 4) is 11.3 Å². The fraction of sp³-hybridized carbons (Fsp3) is 0.227. The zero-order valence-electron chi connectivity index (χ0n) is 15.9. The molecule has 6 nitrogen and oxygen atoms in total. The van der Waals surface area contributed by atoms with E-state index >= 15 is 0 Å². The third-order valence-corrected chi connectivity index (χ3v) is 4.72. The van der Waals surface area contributed by atoms with Crippen molar-refractivity contribution >= 4 is 11.6 Å². The molecule has 148 valence electrons. The summed E-state index contributed by atoms with van der Waals surface area (Å²) < 4.78 is 18.6. The first kappa shape index (κ1) is 18.9. The molecule has 0 bridgehead atoms. The van der Waals surface area contributed by atoms with E-state index in [1.165, 1.54) is 12.1 Å². The Kier molecular flexibility index (Phi) is 5.37. The molecule has 1 atom stereocenters. The number of carbonyl (C=O) groups excluding carboxylic acids is 1. The summed E-state index contributed by atoms with van der Waals surface area (Å²) in [5.74, 6) is -0.0920. The molecule has 0 saturated carbocycles. The van der Waals surface area contributed by atoms with Crippen LogP contribution in [0.1, 0.15) is 28.1 Å². The molecule has 29 heavy (non-hydrogen) atoms. The molecule has 0 radical (unpaired) electrons. The number of nitrogens with one attached hydrogen (secondary N) is 1. The van der Waals surface area contributed by atoms with E-state index in [1.807, 2.05) is 36.4 Å². The lowest BCUT2D eigenvalue weighted by atomic mass is 10.0. The zero-order chi connectivity index (χ0) is 20.2. The normalized spacial score (nSPS) is 15.7. The molecular formula is C22H20FN3O3. The van der Waals surface area contributed by atoms with Crippen LogP contribution in [-0.2, 0) is 11.3 Å². The lowest BCUT2D eigenvalue weighted by Crippen LogP contribution is -2.32. The van der Waals surface area contributed by atoms with Crippen LogP contribution in [-0.4, -0.2) is 29.4 Å². The van der Waals surface area contributed by atoms with Gasteiger partial charge in [-0.15, -0.1) is 0 Å². The van der Waals surface area contributed by atoms with Gasteiger partial charge in [0.1, 0.15) is 28.9 Å². The highest BCUT2D eigenvalue weighted by Gasteiger charge is 2.25. The predicted molar refractivity (Wildman–Crippen MR) is 106 cm³/mol. The number of hydrogen-bond acceptors (Lipinski definition) is 5. The Morgan fingerprint density at radius 3 is 2.83 bits per heavy atom. The quantitative estimate of drug-likeness (QED) is 0.689. The van der Waals surface area contributed by atoms with Crippen molar-refractivity contribution in [1.82, 2.24) is 10.5 Å². The van der Waals surface area contributed by atoms with Gasteiger partial charge in [-0.25, -0.2) is 4.39 Å². The van der Waals surface area contributed by atoms with Crippen molar-refractivity contribution < 1.29 is 18.5 Å². The fourth-order valence-corrected chi connectivity index (χ4v) is 3.31. The van der Waals surface area contributed by atoms with Gasteiger partial charge < -0.3 is 14.7 Å². The lowest BCUT2D eigenvalue weighted by molar-refractivity contribution is 0.0753. The van der Waals surface area contributed by atoms with Crippen LogP contribution >= 0.6 is 0 Å². The van der Waals surface area contributed by atoms with Gasteiger partial charge in [0.15, 0.2) is 0 Å². The number of hydrogen-bond donors (Lipinski definition) is 1. The van der Waals surface area contributed by atoms with Gasteiger partial charge in [-0.05, 0) is 24.6 Å². The molecule has 1 N–H and O–H groups in total. The van der Waals surface area contributed by atoms with E-state index in [4.69, 9.17) is 9.36 Å². The summed E-state index contributed by atoms with van der Waals surface area (Å²) in [5, 5.41) is 11.0. The number of aromatic nitrogens is 1. The maximum Gasteiger partial charge on any atom is 0.257 e. The molecule has 2 aromatic carbocycles. The SMILES string of the molecule is Cc1onc(-c2ccccc2)c1C(=O)NCC1CC(Cc2cccc(F)c2)=NO1. The molecule has 3 aromatic rings. The van der Waals surface area contributed by atoms with E-state index < -0.39 is 0 Å². The summed E-state index contributed by atoms with van der Waals surface area (Å²) in [6.07, 6.45) is 0.832. The van der Waals surface area contributed by atoms with Crippen LogP contribution < -0.4 is 5.32 Å². The molecule has 1 aliphatic heterocycles. The minimum Gasteiger partial charge on any atom is -0.390 e. The van der Waals surface area contributed by atoms with Gasteiger partial charge in [0.25, 0.3) is 5.91 Å². The number of rotatable bonds is 6. The second-order valence-electron chi connectivity index (χ2n) is 6.93. The monoisotopic (exact) mass is 393 g/mol. The summed E-state index contributed by atoms with van der Waals surface area (Å²) in [6, 6.07) is 15.8. The maximum atomic E-state index is 13.3. The Morgan fingerprint density at radius 2 is 2.03 bits per heavy atom. The van der Waals surface area contributed by atoms with Crippen molar-refractivity contribution in [3.63, 3.8) is 0 Å². The molecule has 0 spiro atoms. The maximum absolute atomic E-state index is 13.3. The standard InChI is InChI=1S/C22H20FN3O3/c1-14-20(21(26-28-14)16-7-3-2-4-8-16)22(27)24-13-19-12-18(25-29-19)11-15-6-5-9-17(23)10-15/h2-10,19H,11-13H2,1H3,(H,24,27). The van der Waals surface area contributed by atoms with Crippen molar-refractivity contribution in [3.05, 3.63) is 77.3 Å². The smallest absolute Gasteiger partial charge is 0.257 e. The van der Waals surface area contributed by atoms with Gasteiger partial charge in [-0.3, -0.25) is 4.79 Å². The van der Waals surface area contributed by atoms with Crippen LogP contribution in [0.15, 0.2) is 64.3 Å². The van der Waals surface area contributed by atoms with Crippen LogP contribution in [0.5, 0.6) is 0 Å². The van der Waals surface area contributed by atoms with Crippen molar-refractivity contribution in [2.24, 2.45) is 5.16 Å². The van der Waals surface area contributed by atoms with Crippen LogP contribution in [0.4, 0.5) is 4.39 Å². The third kappa shape index (κ3) is 4.34. The van der Waals surface area contributed by atoms with Crippen LogP contribution in [0.2, 0.25) is 0 Å². The van der Waals surface area contributed by atoms with E-state index in [0.29, 0.717) is 36.4 Å². The molecule has 1 aliphatic rings. The van der Waals surface area contributed by atoms with Crippen molar-refractivity contribution in [2.75, 3.05) is 6.54 Å².